The number of carboxylic acid groups (broad SMARTS) is 1. The molecule has 0 saturated carbocycles. The smallest absolute Gasteiger partial charge is 0.313 e. The Morgan fingerprint density at radius 1 is 1.81 bits per heavy atom. The maximum absolute atomic E-state index is 11.2. The highest BCUT2D eigenvalue weighted by Gasteiger charge is 2.47. The van der Waals surface area contributed by atoms with E-state index in [1.165, 1.54) is 0 Å². The number of nitrogens with zero attached hydrogens (tertiary/aromatic N) is 2. The van der Waals surface area contributed by atoms with Gasteiger partial charge in [0.1, 0.15) is 5.41 Å². The highest BCUT2D eigenvalue weighted by Crippen LogP contribution is 2.30. The molecule has 16 heavy (non-hydrogen) atoms. The number of rotatable bonds is 3. The maximum Gasteiger partial charge on any atom is 0.313 e. The van der Waals surface area contributed by atoms with Crippen LogP contribution < -0.4 is 5.32 Å². The molecule has 88 valence electrons. The Morgan fingerprint density at radius 2 is 2.56 bits per heavy atom. The highest BCUT2D eigenvalue weighted by molar-refractivity contribution is 5.76. The Kier molecular flexibility index (Phi) is 2.59. The molecule has 2 rings (SSSR count). The normalized spacial score (nSPS) is 29.2. The third-order valence-corrected chi connectivity index (χ3v) is 3.07. The lowest BCUT2D eigenvalue weighted by atomic mass is 9.85. The van der Waals surface area contributed by atoms with Gasteiger partial charge in [-0.1, -0.05) is 0 Å². The van der Waals surface area contributed by atoms with Crippen molar-refractivity contribution in [3.8, 4) is 0 Å². The zero-order valence-corrected chi connectivity index (χ0v) is 9.30. The van der Waals surface area contributed by atoms with Crippen molar-refractivity contribution >= 4 is 11.9 Å². The van der Waals surface area contributed by atoms with Crippen LogP contribution in [0, 0.1) is 5.41 Å². The van der Waals surface area contributed by atoms with Crippen LogP contribution >= 0.6 is 0 Å². The van der Waals surface area contributed by atoms with Crippen molar-refractivity contribution in [2.24, 2.45) is 12.5 Å². The summed E-state index contributed by atoms with van der Waals surface area (Å²) in [6.45, 7) is 2.29. The van der Waals surface area contributed by atoms with Gasteiger partial charge in [-0.2, -0.15) is 0 Å². The molecule has 1 aromatic heterocycles. The molecule has 0 aliphatic carbocycles. The van der Waals surface area contributed by atoms with Gasteiger partial charge in [0.2, 0.25) is 5.95 Å². The quantitative estimate of drug-likeness (QED) is 0.774. The molecule has 2 N–H and O–H groups in total. The van der Waals surface area contributed by atoms with Crippen LogP contribution in [0.3, 0.4) is 0 Å². The van der Waals surface area contributed by atoms with E-state index < -0.39 is 11.4 Å². The summed E-state index contributed by atoms with van der Waals surface area (Å²) in [5.41, 5.74) is -0.897. The van der Waals surface area contributed by atoms with Gasteiger partial charge in [0.05, 0.1) is 19.3 Å². The number of imidazole rings is 1. The average Bonchev–Trinajstić information content (AvgIpc) is 2.77. The van der Waals surface area contributed by atoms with Gasteiger partial charge in [-0.15, -0.1) is 0 Å². The molecule has 0 bridgehead atoms. The van der Waals surface area contributed by atoms with Crippen LogP contribution in [0.25, 0.3) is 0 Å². The van der Waals surface area contributed by atoms with Gasteiger partial charge in [-0.05, 0) is 6.92 Å². The molecule has 6 nitrogen and oxygen atoms in total. The Balaban J connectivity index is 2.16. The van der Waals surface area contributed by atoms with E-state index in [2.05, 4.69) is 10.3 Å². The van der Waals surface area contributed by atoms with Crippen molar-refractivity contribution in [2.45, 2.75) is 13.0 Å². The Morgan fingerprint density at radius 3 is 3.12 bits per heavy atom. The van der Waals surface area contributed by atoms with E-state index >= 15 is 0 Å². The minimum Gasteiger partial charge on any atom is -0.481 e. The number of aromatic nitrogens is 2. The Hall–Kier alpha value is -1.56. The first-order chi connectivity index (χ1) is 7.54. The van der Waals surface area contributed by atoms with Crippen molar-refractivity contribution in [3.05, 3.63) is 12.4 Å². The second-order valence-corrected chi connectivity index (χ2v) is 4.30. The minimum atomic E-state index is -0.897. The standard InChI is InChI=1S/C10H15N3O3/c1-10(8(14)15)6-16-5-7(10)12-9-11-3-4-13(9)2/h3-4,7H,5-6H2,1-2H3,(H,11,12)(H,14,15). The van der Waals surface area contributed by atoms with Gasteiger partial charge in [0, 0.05) is 19.4 Å². The summed E-state index contributed by atoms with van der Waals surface area (Å²) in [5, 5.41) is 12.3. The van der Waals surface area contributed by atoms with Crippen LogP contribution in [0.1, 0.15) is 6.92 Å². The molecule has 6 heteroatoms. The second kappa shape index (κ2) is 3.79. The first-order valence-corrected chi connectivity index (χ1v) is 5.09. The van der Waals surface area contributed by atoms with E-state index in [-0.39, 0.29) is 12.6 Å². The summed E-state index contributed by atoms with van der Waals surface area (Å²) < 4.78 is 7.05. The molecule has 0 amide bonds. The van der Waals surface area contributed by atoms with Crippen molar-refractivity contribution in [1.82, 2.24) is 9.55 Å². The number of aliphatic carboxylic acids is 1. The first kappa shape index (κ1) is 10.9. The Bertz CT molecular complexity index is 404. The fraction of sp³-hybridized carbons (Fsp3) is 0.600. The van der Waals surface area contributed by atoms with Crippen LogP contribution in [-0.4, -0.2) is 39.9 Å². The molecule has 1 aromatic rings. The average molecular weight is 225 g/mol. The summed E-state index contributed by atoms with van der Waals surface area (Å²) in [7, 11) is 1.85. The maximum atomic E-state index is 11.2. The van der Waals surface area contributed by atoms with E-state index in [1.54, 1.807) is 23.9 Å². The molecule has 1 saturated heterocycles. The number of aryl methyl sites for hydroxylation is 1. The monoisotopic (exact) mass is 225 g/mol. The zero-order valence-electron chi connectivity index (χ0n) is 9.30. The number of carboxylic acids is 1. The number of carbonyl (C=O) groups is 1. The van der Waals surface area contributed by atoms with Crippen molar-refractivity contribution in [1.29, 1.82) is 0 Å². The third-order valence-electron chi connectivity index (χ3n) is 3.07. The van der Waals surface area contributed by atoms with Crippen molar-refractivity contribution < 1.29 is 14.6 Å². The molecule has 1 fully saturated rings. The SMILES string of the molecule is Cn1ccnc1NC1COCC1(C)C(=O)O. The van der Waals surface area contributed by atoms with Gasteiger partial charge in [-0.3, -0.25) is 4.79 Å². The second-order valence-electron chi connectivity index (χ2n) is 4.30. The van der Waals surface area contributed by atoms with Gasteiger partial charge in [-0.25, -0.2) is 4.98 Å². The fourth-order valence-electron chi connectivity index (χ4n) is 1.75. The van der Waals surface area contributed by atoms with Crippen LogP contribution in [-0.2, 0) is 16.6 Å². The molecule has 1 aliphatic heterocycles. The van der Waals surface area contributed by atoms with Gasteiger partial charge in [0.25, 0.3) is 0 Å². The van der Waals surface area contributed by atoms with E-state index in [1.807, 2.05) is 7.05 Å². The number of hydrogen-bond acceptors (Lipinski definition) is 4. The largest absolute Gasteiger partial charge is 0.481 e. The van der Waals surface area contributed by atoms with Crippen molar-refractivity contribution in [2.75, 3.05) is 18.5 Å². The molecule has 0 spiro atoms. The summed E-state index contributed by atoms with van der Waals surface area (Å²) in [5.74, 6) is -0.195. The molecule has 0 aromatic carbocycles. The van der Waals surface area contributed by atoms with E-state index in [4.69, 9.17) is 4.74 Å². The van der Waals surface area contributed by atoms with Crippen LogP contribution in [0.4, 0.5) is 5.95 Å². The number of ether oxygens (including phenoxy) is 1. The fourth-order valence-corrected chi connectivity index (χ4v) is 1.75. The zero-order chi connectivity index (χ0) is 11.8. The lowest BCUT2D eigenvalue weighted by Crippen LogP contribution is -2.43. The predicted octanol–water partition coefficient (Wildman–Crippen LogP) is 0.322. The van der Waals surface area contributed by atoms with Crippen molar-refractivity contribution in [3.63, 3.8) is 0 Å². The topological polar surface area (TPSA) is 76.4 Å². The van der Waals surface area contributed by atoms with Crippen LogP contribution in [0.5, 0.6) is 0 Å². The highest BCUT2D eigenvalue weighted by atomic mass is 16.5. The van der Waals surface area contributed by atoms with E-state index in [9.17, 15) is 9.90 Å². The minimum absolute atomic E-state index is 0.227. The van der Waals surface area contributed by atoms with E-state index in [0.29, 0.717) is 12.6 Å². The molecule has 2 atom stereocenters. The van der Waals surface area contributed by atoms with Gasteiger partial charge in [0.15, 0.2) is 0 Å². The number of anilines is 1. The summed E-state index contributed by atoms with van der Waals surface area (Å²) in [4.78, 5) is 15.3. The first-order valence-electron chi connectivity index (χ1n) is 5.09. The Labute approximate surface area is 93.2 Å². The number of nitrogens with one attached hydrogen (secondary N) is 1. The molecular weight excluding hydrogens is 210 g/mol. The summed E-state index contributed by atoms with van der Waals surface area (Å²) in [6, 6.07) is -0.258. The van der Waals surface area contributed by atoms with E-state index in [0.717, 1.165) is 0 Å². The molecule has 2 unspecified atom stereocenters. The van der Waals surface area contributed by atoms with Gasteiger partial charge < -0.3 is 19.7 Å². The van der Waals surface area contributed by atoms with Crippen LogP contribution in [0.15, 0.2) is 12.4 Å². The summed E-state index contributed by atoms with van der Waals surface area (Å²) in [6.07, 6.45) is 3.46. The predicted molar refractivity (Wildman–Crippen MR) is 57.2 cm³/mol. The molecule has 0 radical (unpaired) electrons. The molecular formula is C10H15N3O3. The van der Waals surface area contributed by atoms with Crippen LogP contribution in [0.2, 0.25) is 0 Å². The third kappa shape index (κ3) is 1.65. The number of hydrogen-bond donors (Lipinski definition) is 2. The van der Waals surface area contributed by atoms with Gasteiger partial charge >= 0.3 is 5.97 Å². The molecule has 2 heterocycles. The summed E-state index contributed by atoms with van der Waals surface area (Å²) >= 11 is 0. The lowest BCUT2D eigenvalue weighted by molar-refractivity contribution is -0.148. The lowest BCUT2D eigenvalue weighted by Gasteiger charge is -2.25. The molecule has 1 aliphatic rings.